The summed E-state index contributed by atoms with van der Waals surface area (Å²) in [5.41, 5.74) is 0.208. The molecule has 4 aliphatic heterocycles. The molecule has 6 N–H and O–H groups in total. The molecule has 1 amide bonds. The maximum atomic E-state index is 14.7. The number of piperidine rings is 1. The van der Waals surface area contributed by atoms with Crippen molar-refractivity contribution in [1.29, 1.82) is 0 Å². The molecule has 4 aliphatic rings. The number of nitrogens with zero attached hydrogens (tertiary/aromatic N) is 2. The SMILES string of the molecule is CO[C@H]1/C=C/O[C@@]2(C)Oc3c(C)c(O)c4c(O)c(c5c(c4c3C2=O)NC2(CCNCC2)CN=5)=NC(=O)/C(C)=C\C=C\[C@H](C)[C@H](O)[C@@H](C)[C@@H](O)[C@@H](C)[C@H](OC(C)=O)[C@@H]1C. The number of Topliss-reactive ketones (excluding diaryl/α,β-unsaturated/α-hetero) is 1. The molecule has 2 aromatic rings. The van der Waals surface area contributed by atoms with Crippen LogP contribution >= 0.6 is 0 Å². The van der Waals surface area contributed by atoms with Gasteiger partial charge in [0.25, 0.3) is 11.7 Å². The summed E-state index contributed by atoms with van der Waals surface area (Å²) in [7, 11) is 1.47. The number of aliphatic hydroxyl groups excluding tert-OH is 2. The maximum Gasteiger partial charge on any atom is 0.312 e. The highest BCUT2D eigenvalue weighted by Gasteiger charge is 2.50. The average molecular weight is 805 g/mol. The molecule has 1 fully saturated rings. The second-order valence-electron chi connectivity index (χ2n) is 16.5. The van der Waals surface area contributed by atoms with Crippen LogP contribution in [0.15, 0.2) is 46.1 Å². The third-order valence-electron chi connectivity index (χ3n) is 12.4. The van der Waals surface area contributed by atoms with Gasteiger partial charge in [-0.1, -0.05) is 45.9 Å². The third kappa shape index (κ3) is 7.60. The minimum atomic E-state index is -1.95. The van der Waals surface area contributed by atoms with Crippen molar-refractivity contribution in [2.75, 3.05) is 32.1 Å². The zero-order chi connectivity index (χ0) is 42.4. The molecule has 1 saturated heterocycles. The number of phenolic OH excluding ortho intramolecular Hbond substituents is 2. The van der Waals surface area contributed by atoms with Gasteiger partial charge in [-0.2, -0.15) is 0 Å². The van der Waals surface area contributed by atoms with Crippen molar-refractivity contribution in [3.8, 4) is 17.2 Å². The highest BCUT2D eigenvalue weighted by Crippen LogP contribution is 2.51. The number of carbonyl (C=O) groups is 3. The van der Waals surface area contributed by atoms with Gasteiger partial charge in [-0.05, 0) is 45.9 Å². The Labute approximate surface area is 337 Å². The molecule has 314 valence electrons. The quantitative estimate of drug-likeness (QED) is 0.190. The average Bonchev–Trinajstić information content (AvgIpc) is 3.46. The monoisotopic (exact) mass is 804 g/mol. The van der Waals surface area contributed by atoms with E-state index in [-0.39, 0.29) is 49.7 Å². The van der Waals surface area contributed by atoms with Gasteiger partial charge in [0.2, 0.25) is 0 Å². The zero-order valence-corrected chi connectivity index (χ0v) is 34.6. The minimum Gasteiger partial charge on any atom is -0.507 e. The van der Waals surface area contributed by atoms with Crippen molar-refractivity contribution in [2.45, 2.75) is 104 Å². The van der Waals surface area contributed by atoms with Crippen molar-refractivity contribution in [3.05, 3.63) is 58.0 Å². The summed E-state index contributed by atoms with van der Waals surface area (Å²) in [6.45, 7) is 14.5. The summed E-state index contributed by atoms with van der Waals surface area (Å²) >= 11 is 0. The van der Waals surface area contributed by atoms with Gasteiger partial charge in [-0.3, -0.25) is 19.4 Å². The normalized spacial score (nSPS) is 33.5. The van der Waals surface area contributed by atoms with Gasteiger partial charge in [0.15, 0.2) is 5.75 Å². The topological polar surface area (TPSA) is 218 Å². The Bertz CT molecular complexity index is 2210. The van der Waals surface area contributed by atoms with Crippen LogP contribution < -0.4 is 26.1 Å². The number of amides is 1. The molecule has 4 heterocycles. The van der Waals surface area contributed by atoms with Gasteiger partial charge in [0.1, 0.15) is 28.3 Å². The molecule has 15 heteroatoms. The predicted molar refractivity (Wildman–Crippen MR) is 214 cm³/mol. The minimum absolute atomic E-state index is 0.0507. The summed E-state index contributed by atoms with van der Waals surface area (Å²) in [6.07, 6.45) is 5.26. The number of methoxy groups -OCH3 is 1. The smallest absolute Gasteiger partial charge is 0.312 e. The van der Waals surface area contributed by atoms with E-state index >= 15 is 0 Å². The molecular formula is C43H56N4O11. The fourth-order valence-corrected chi connectivity index (χ4v) is 8.67. The Kier molecular flexibility index (Phi) is 12.1. The second kappa shape index (κ2) is 16.4. The van der Waals surface area contributed by atoms with Crippen LogP contribution in [0, 0.1) is 30.6 Å². The van der Waals surface area contributed by atoms with Gasteiger partial charge in [-0.15, -0.1) is 0 Å². The van der Waals surface area contributed by atoms with E-state index in [1.807, 2.05) is 0 Å². The molecular weight excluding hydrogens is 748 g/mol. The van der Waals surface area contributed by atoms with Crippen LogP contribution in [-0.2, 0) is 23.8 Å². The number of carbonyl (C=O) groups excluding carboxylic acids is 3. The highest BCUT2D eigenvalue weighted by atomic mass is 16.7. The van der Waals surface area contributed by atoms with Gasteiger partial charge in [-0.25, -0.2) is 4.99 Å². The third-order valence-corrected chi connectivity index (χ3v) is 12.4. The molecule has 0 radical (unpaired) electrons. The summed E-state index contributed by atoms with van der Waals surface area (Å²) in [5, 5.41) is 53.6. The Hall–Kier alpha value is -4.83. The number of rotatable bonds is 2. The molecule has 6 rings (SSSR count). The number of aromatic hydroxyl groups is 2. The number of fused-ring (bicyclic) bond motifs is 1. The Morgan fingerprint density at radius 1 is 0.948 bits per heavy atom. The lowest BCUT2D eigenvalue weighted by atomic mass is 9.78. The molecule has 0 aromatic heterocycles. The van der Waals surface area contributed by atoms with Crippen molar-refractivity contribution in [3.63, 3.8) is 0 Å². The molecule has 2 aromatic carbocycles. The molecule has 0 unspecified atom stereocenters. The van der Waals surface area contributed by atoms with Gasteiger partial charge in [0.05, 0.1) is 53.3 Å². The first kappa shape index (κ1) is 42.8. The van der Waals surface area contributed by atoms with Crippen molar-refractivity contribution >= 4 is 34.1 Å². The number of nitrogens with one attached hydrogen (secondary N) is 2. The highest BCUT2D eigenvalue weighted by molar-refractivity contribution is 6.21. The van der Waals surface area contributed by atoms with Crippen LogP contribution in [0.1, 0.15) is 77.2 Å². The summed E-state index contributed by atoms with van der Waals surface area (Å²) in [5.74, 6) is -7.04. The number of benzene rings is 2. The van der Waals surface area contributed by atoms with Crippen molar-refractivity contribution in [2.24, 2.45) is 33.7 Å². The van der Waals surface area contributed by atoms with Crippen LogP contribution in [0.25, 0.3) is 10.8 Å². The number of phenols is 2. The fourth-order valence-electron chi connectivity index (χ4n) is 8.67. The van der Waals surface area contributed by atoms with Gasteiger partial charge >= 0.3 is 11.8 Å². The Morgan fingerprint density at radius 2 is 1.64 bits per heavy atom. The van der Waals surface area contributed by atoms with Crippen molar-refractivity contribution in [1.82, 2.24) is 5.32 Å². The summed E-state index contributed by atoms with van der Waals surface area (Å²) in [6, 6.07) is 0. The van der Waals surface area contributed by atoms with Crippen LogP contribution in [0.2, 0.25) is 0 Å². The molecule has 9 atom stereocenters. The van der Waals surface area contributed by atoms with Crippen LogP contribution in [0.5, 0.6) is 17.2 Å². The standard InChI is InChI=1S/C43H56N4O11/c1-20-11-10-12-21(2)41(54)46-33-32-31(47-43(19-45-32)14-16-44-17-15-43)28-29(37(33)52)36(51)25(6)39-30(28)40(53)42(8,58-39)56-18-13-27(55-9)22(3)38(57-26(7)48)24(5)35(50)23(4)34(20)49/h10-13,18,20,22-24,27,34-35,38,44,47,49-52H,14-17,19H2,1-9H3/b11-10+,18-13+,21-12-,46-33?/t20-,22+,23+,24+,27-,34-,35+,38+,42-/m0/s1. The Balaban J connectivity index is 1.57. The number of hydrogen-bond donors (Lipinski definition) is 6. The van der Waals surface area contributed by atoms with E-state index in [1.54, 1.807) is 59.8 Å². The summed E-state index contributed by atoms with van der Waals surface area (Å²) < 4.78 is 23.9. The van der Waals surface area contributed by atoms with E-state index in [1.165, 1.54) is 33.3 Å². The number of allylic oxidation sites excluding steroid dienone is 2. The Morgan fingerprint density at radius 3 is 2.29 bits per heavy atom. The first-order chi connectivity index (χ1) is 27.4. The van der Waals surface area contributed by atoms with E-state index in [4.69, 9.17) is 23.9 Å². The second-order valence-corrected chi connectivity index (χ2v) is 16.5. The molecule has 1 spiro atoms. The molecule has 0 aliphatic carbocycles. The lowest BCUT2D eigenvalue weighted by molar-refractivity contribution is -0.160. The predicted octanol–water partition coefficient (Wildman–Crippen LogP) is 3.42. The number of ketones is 1. The molecule has 58 heavy (non-hydrogen) atoms. The van der Waals surface area contributed by atoms with Crippen molar-refractivity contribution < 1.29 is 53.8 Å². The van der Waals surface area contributed by atoms with E-state index in [0.717, 1.165) is 0 Å². The number of ether oxygens (including phenoxy) is 4. The van der Waals surface area contributed by atoms with E-state index in [2.05, 4.69) is 15.6 Å². The summed E-state index contributed by atoms with van der Waals surface area (Å²) in [4.78, 5) is 50.0. The lowest BCUT2D eigenvalue weighted by Crippen LogP contribution is -2.54. The lowest BCUT2D eigenvalue weighted by Gasteiger charge is -2.40. The molecule has 15 nitrogen and oxygen atoms in total. The number of anilines is 1. The first-order valence-electron chi connectivity index (χ1n) is 19.9. The maximum absolute atomic E-state index is 14.7. The van der Waals surface area contributed by atoms with E-state index in [9.17, 15) is 34.8 Å². The number of aliphatic hydroxyl groups is 2. The number of hydrogen-bond acceptors (Lipinski definition) is 14. The largest absolute Gasteiger partial charge is 0.507 e. The van der Waals surface area contributed by atoms with Gasteiger partial charge < -0.3 is 50.0 Å². The van der Waals surface area contributed by atoms with E-state index < -0.39 is 82.8 Å². The van der Waals surface area contributed by atoms with E-state index in [0.29, 0.717) is 38.2 Å². The number of esters is 1. The first-order valence-corrected chi connectivity index (χ1v) is 19.9. The van der Waals surface area contributed by atoms with Crippen LogP contribution in [0.4, 0.5) is 5.69 Å². The van der Waals surface area contributed by atoms with Crippen LogP contribution in [-0.4, -0.2) is 101 Å². The van der Waals surface area contributed by atoms with Gasteiger partial charge in [0, 0.05) is 61.2 Å². The molecule has 0 saturated carbocycles. The zero-order valence-electron chi connectivity index (χ0n) is 34.6. The van der Waals surface area contributed by atoms with Crippen LogP contribution in [0.3, 0.4) is 0 Å². The fraction of sp³-hybridized carbons (Fsp3) is 0.558. The molecule has 4 bridgehead atoms.